The van der Waals surface area contributed by atoms with Gasteiger partial charge in [-0.25, -0.2) is 13.4 Å². The first kappa shape index (κ1) is 18.4. The molecule has 1 aromatic carbocycles. The number of sulfonamides is 1. The Bertz CT molecular complexity index is 851. The Morgan fingerprint density at radius 2 is 2.31 bits per heavy atom. The molecule has 0 unspecified atom stereocenters. The smallest absolute Gasteiger partial charge is 0.260 e. The van der Waals surface area contributed by atoms with E-state index in [4.69, 9.17) is 4.74 Å². The van der Waals surface area contributed by atoms with Crippen LogP contribution in [0.1, 0.15) is 18.4 Å². The van der Waals surface area contributed by atoms with Gasteiger partial charge < -0.3 is 15.0 Å². The van der Waals surface area contributed by atoms with E-state index in [9.17, 15) is 13.2 Å². The largest absolute Gasteiger partial charge is 0.497 e. The van der Waals surface area contributed by atoms with E-state index in [0.717, 1.165) is 11.3 Å². The van der Waals surface area contributed by atoms with Gasteiger partial charge in [0.1, 0.15) is 5.75 Å². The predicted octanol–water partition coefficient (Wildman–Crippen LogP) is 1.14. The number of aromatic nitrogens is 2. The Hall–Kier alpha value is -2.39. The number of imidazole rings is 1. The van der Waals surface area contributed by atoms with Crippen LogP contribution in [-0.4, -0.2) is 48.8 Å². The second kappa shape index (κ2) is 7.88. The summed E-state index contributed by atoms with van der Waals surface area (Å²) in [5.74, 6) is 0.218. The number of methoxy groups -OCH3 is 1. The molecule has 1 aliphatic heterocycles. The third-order valence-electron chi connectivity index (χ3n) is 4.45. The lowest BCUT2D eigenvalue weighted by molar-refractivity contribution is -0.126. The quantitative estimate of drug-likeness (QED) is 0.784. The zero-order valence-electron chi connectivity index (χ0n) is 14.5. The lowest BCUT2D eigenvalue weighted by Crippen LogP contribution is -2.45. The highest BCUT2D eigenvalue weighted by atomic mass is 32.2. The van der Waals surface area contributed by atoms with E-state index in [1.54, 1.807) is 7.11 Å². The first-order valence-corrected chi connectivity index (χ1v) is 9.84. The molecular weight excluding hydrogens is 356 g/mol. The molecule has 3 rings (SSSR count). The fourth-order valence-electron chi connectivity index (χ4n) is 3.01. The lowest BCUT2D eigenvalue weighted by Gasteiger charge is -2.30. The normalized spacial score (nSPS) is 18.4. The van der Waals surface area contributed by atoms with Crippen molar-refractivity contribution in [3.63, 3.8) is 0 Å². The average molecular weight is 378 g/mol. The number of carbonyl (C=O) groups is 1. The maximum atomic E-state index is 12.6. The minimum atomic E-state index is -3.64. The van der Waals surface area contributed by atoms with Crippen LogP contribution in [0.2, 0.25) is 0 Å². The van der Waals surface area contributed by atoms with Gasteiger partial charge in [-0.05, 0) is 30.5 Å². The molecule has 1 amide bonds. The number of nitrogens with one attached hydrogen (secondary N) is 2. The summed E-state index contributed by atoms with van der Waals surface area (Å²) in [7, 11) is -2.05. The fraction of sp³-hybridized carbons (Fsp3) is 0.412. The molecule has 140 valence electrons. The second-order valence-electron chi connectivity index (χ2n) is 6.19. The van der Waals surface area contributed by atoms with E-state index in [-0.39, 0.29) is 23.4 Å². The third kappa shape index (κ3) is 4.05. The number of H-pyrrole nitrogens is 1. The molecule has 2 N–H and O–H groups in total. The van der Waals surface area contributed by atoms with Crippen molar-refractivity contribution in [2.75, 3.05) is 20.2 Å². The van der Waals surface area contributed by atoms with Crippen molar-refractivity contribution in [3.05, 3.63) is 42.4 Å². The Morgan fingerprint density at radius 3 is 3.04 bits per heavy atom. The van der Waals surface area contributed by atoms with Crippen molar-refractivity contribution < 1.29 is 17.9 Å². The van der Waals surface area contributed by atoms with Crippen molar-refractivity contribution in [2.45, 2.75) is 24.4 Å². The first-order valence-electron chi connectivity index (χ1n) is 8.40. The highest BCUT2D eigenvalue weighted by Crippen LogP contribution is 2.23. The summed E-state index contributed by atoms with van der Waals surface area (Å²) >= 11 is 0. The van der Waals surface area contributed by atoms with Gasteiger partial charge in [0.05, 0.1) is 25.6 Å². The molecule has 0 bridgehead atoms. The summed E-state index contributed by atoms with van der Waals surface area (Å²) < 4.78 is 31.7. The molecule has 1 fully saturated rings. The Kier molecular flexibility index (Phi) is 5.58. The van der Waals surface area contributed by atoms with Gasteiger partial charge in [-0.15, -0.1) is 0 Å². The Balaban J connectivity index is 1.61. The second-order valence-corrected chi connectivity index (χ2v) is 8.09. The van der Waals surface area contributed by atoms with Crippen LogP contribution in [-0.2, 0) is 21.4 Å². The van der Waals surface area contributed by atoms with Gasteiger partial charge in [0.25, 0.3) is 10.0 Å². The number of rotatable bonds is 6. The molecule has 1 aliphatic rings. The van der Waals surface area contributed by atoms with Gasteiger partial charge in [0.15, 0.2) is 5.03 Å². The molecule has 0 aliphatic carbocycles. The molecule has 2 aromatic rings. The number of piperidine rings is 1. The highest BCUT2D eigenvalue weighted by Gasteiger charge is 2.33. The van der Waals surface area contributed by atoms with Crippen LogP contribution in [0.5, 0.6) is 5.75 Å². The molecule has 1 aromatic heterocycles. The van der Waals surface area contributed by atoms with Crippen LogP contribution in [0.25, 0.3) is 0 Å². The van der Waals surface area contributed by atoms with E-state index in [0.29, 0.717) is 25.9 Å². The highest BCUT2D eigenvalue weighted by molar-refractivity contribution is 7.89. The summed E-state index contributed by atoms with van der Waals surface area (Å²) in [6, 6.07) is 7.46. The summed E-state index contributed by atoms with van der Waals surface area (Å²) in [5, 5.41) is 2.94. The van der Waals surface area contributed by atoms with E-state index in [1.807, 2.05) is 24.3 Å². The monoisotopic (exact) mass is 378 g/mol. The molecule has 1 saturated heterocycles. The van der Waals surface area contributed by atoms with E-state index in [1.165, 1.54) is 16.8 Å². The van der Waals surface area contributed by atoms with Crippen molar-refractivity contribution in [1.29, 1.82) is 0 Å². The number of amides is 1. The van der Waals surface area contributed by atoms with Crippen LogP contribution >= 0.6 is 0 Å². The van der Waals surface area contributed by atoms with Crippen LogP contribution < -0.4 is 10.1 Å². The zero-order valence-corrected chi connectivity index (χ0v) is 15.3. The van der Waals surface area contributed by atoms with Gasteiger partial charge in [-0.1, -0.05) is 12.1 Å². The number of hydrogen-bond acceptors (Lipinski definition) is 5. The molecule has 0 radical (unpaired) electrons. The van der Waals surface area contributed by atoms with Crippen LogP contribution in [0.15, 0.2) is 41.8 Å². The SMILES string of the molecule is COc1cccc(CNC(=O)[C@@H]2CCCN(S(=O)(=O)c3cnc[nH]3)C2)c1. The number of carbonyl (C=O) groups excluding carboxylic acids is 1. The molecule has 2 heterocycles. The zero-order chi connectivity index (χ0) is 18.6. The van der Waals surface area contributed by atoms with E-state index < -0.39 is 10.0 Å². The van der Waals surface area contributed by atoms with Gasteiger partial charge in [0, 0.05) is 19.6 Å². The van der Waals surface area contributed by atoms with E-state index >= 15 is 0 Å². The Morgan fingerprint density at radius 1 is 1.46 bits per heavy atom. The van der Waals surface area contributed by atoms with Gasteiger partial charge >= 0.3 is 0 Å². The molecule has 8 nitrogen and oxygen atoms in total. The lowest BCUT2D eigenvalue weighted by atomic mass is 9.99. The topological polar surface area (TPSA) is 104 Å². The number of nitrogens with zero attached hydrogens (tertiary/aromatic N) is 2. The number of ether oxygens (including phenoxy) is 1. The average Bonchev–Trinajstić information content (AvgIpc) is 3.22. The Labute approximate surface area is 152 Å². The first-order chi connectivity index (χ1) is 12.5. The molecule has 0 spiro atoms. The maximum absolute atomic E-state index is 12.6. The molecule has 9 heteroatoms. The van der Waals surface area contributed by atoms with Crippen molar-refractivity contribution in [2.24, 2.45) is 5.92 Å². The molecule has 26 heavy (non-hydrogen) atoms. The van der Waals surface area contributed by atoms with Crippen LogP contribution in [0, 0.1) is 5.92 Å². The summed E-state index contributed by atoms with van der Waals surface area (Å²) in [6.07, 6.45) is 3.92. The molecule has 0 saturated carbocycles. The number of aromatic amines is 1. The number of benzene rings is 1. The molecular formula is C17H22N4O4S. The van der Waals surface area contributed by atoms with Crippen molar-refractivity contribution in [1.82, 2.24) is 19.6 Å². The number of hydrogen-bond donors (Lipinski definition) is 2. The van der Waals surface area contributed by atoms with Crippen LogP contribution in [0.3, 0.4) is 0 Å². The predicted molar refractivity (Wildman–Crippen MR) is 94.9 cm³/mol. The molecule has 1 atom stereocenters. The summed E-state index contributed by atoms with van der Waals surface area (Å²) in [4.78, 5) is 18.9. The summed E-state index contributed by atoms with van der Waals surface area (Å²) in [6.45, 7) is 0.951. The van der Waals surface area contributed by atoms with Crippen molar-refractivity contribution in [3.8, 4) is 5.75 Å². The van der Waals surface area contributed by atoms with Crippen LogP contribution in [0.4, 0.5) is 0 Å². The van der Waals surface area contributed by atoms with E-state index in [2.05, 4.69) is 15.3 Å². The van der Waals surface area contributed by atoms with Crippen molar-refractivity contribution >= 4 is 15.9 Å². The fourth-order valence-corrected chi connectivity index (χ4v) is 4.43. The van der Waals surface area contributed by atoms with Gasteiger partial charge in [-0.2, -0.15) is 4.31 Å². The summed E-state index contributed by atoms with van der Waals surface area (Å²) in [5.41, 5.74) is 0.926. The third-order valence-corrected chi connectivity index (χ3v) is 6.24. The maximum Gasteiger partial charge on any atom is 0.260 e. The van der Waals surface area contributed by atoms with Gasteiger partial charge in [-0.3, -0.25) is 4.79 Å². The minimum Gasteiger partial charge on any atom is -0.497 e. The van der Waals surface area contributed by atoms with Gasteiger partial charge in [0.2, 0.25) is 5.91 Å². The minimum absolute atomic E-state index is 0.0509. The standard InChI is InChI=1S/C17H22N4O4S/c1-25-15-6-2-4-13(8-15)9-19-17(22)14-5-3-7-21(11-14)26(23,24)16-10-18-12-20-16/h2,4,6,8,10,12,14H,3,5,7,9,11H2,1H3,(H,18,20)(H,19,22)/t14-/m1/s1.